The summed E-state index contributed by atoms with van der Waals surface area (Å²) in [7, 11) is 1.33. The van der Waals surface area contributed by atoms with Crippen LogP contribution in [0.1, 0.15) is 32.1 Å². The number of amides is 1. The van der Waals surface area contributed by atoms with Gasteiger partial charge in [0.2, 0.25) is 0 Å². The van der Waals surface area contributed by atoms with E-state index in [1.807, 2.05) is 0 Å². The number of carbonyl (C=O) groups is 2. The zero-order valence-corrected chi connectivity index (χ0v) is 14.4. The molecule has 1 aliphatic carbocycles. The Bertz CT molecular complexity index is 585. The Morgan fingerprint density at radius 1 is 1.22 bits per heavy atom. The second-order valence-electron chi connectivity index (χ2n) is 5.55. The fraction of sp³-hybridized carbons (Fsp3) is 0.500. The van der Waals surface area contributed by atoms with Gasteiger partial charge >= 0.3 is 5.97 Å². The van der Waals surface area contributed by atoms with Crippen molar-refractivity contribution < 1.29 is 19.1 Å². The normalized spacial score (nSPS) is 16.5. The van der Waals surface area contributed by atoms with Crippen LogP contribution in [0.15, 0.2) is 18.2 Å². The molecule has 1 aromatic rings. The van der Waals surface area contributed by atoms with E-state index < -0.39 is 11.5 Å². The molecule has 1 aliphatic rings. The predicted octanol–water partition coefficient (Wildman–Crippen LogP) is 3.36. The lowest BCUT2D eigenvalue weighted by Crippen LogP contribution is -2.57. The first-order chi connectivity index (χ1) is 11.0. The molecule has 2 rings (SSSR count). The molecule has 7 heteroatoms. The number of methoxy groups -OCH3 is 1. The Hall–Kier alpha value is -1.46. The summed E-state index contributed by atoms with van der Waals surface area (Å²) in [5.74, 6) is -0.430. The minimum Gasteiger partial charge on any atom is -0.482 e. The number of hydrogen-bond donors (Lipinski definition) is 1. The molecule has 1 aromatic carbocycles. The number of benzene rings is 1. The van der Waals surface area contributed by atoms with Gasteiger partial charge in [-0.15, -0.1) is 0 Å². The lowest BCUT2D eigenvalue weighted by atomic mass is 9.81. The van der Waals surface area contributed by atoms with Gasteiger partial charge in [-0.1, -0.05) is 42.5 Å². The summed E-state index contributed by atoms with van der Waals surface area (Å²) in [4.78, 5) is 24.3. The monoisotopic (exact) mass is 359 g/mol. The minimum absolute atomic E-state index is 0.236. The molecule has 0 aromatic heterocycles. The summed E-state index contributed by atoms with van der Waals surface area (Å²) in [6.07, 6.45) is 3.95. The number of esters is 1. The van der Waals surface area contributed by atoms with E-state index in [0.29, 0.717) is 28.6 Å². The third-order valence-corrected chi connectivity index (χ3v) is 4.45. The van der Waals surface area contributed by atoms with Crippen molar-refractivity contribution in [1.29, 1.82) is 0 Å². The molecule has 23 heavy (non-hydrogen) atoms. The molecule has 5 nitrogen and oxygen atoms in total. The number of rotatable bonds is 5. The standard InChI is InChI=1S/C16H19Cl2NO4/c1-22-15(21)16(7-3-2-4-8-16)19-14(20)10-23-13-6-5-11(17)9-12(13)18/h5-6,9H,2-4,7-8,10H2,1H3,(H,19,20). The highest BCUT2D eigenvalue weighted by molar-refractivity contribution is 6.35. The molecule has 1 N–H and O–H groups in total. The summed E-state index contributed by atoms with van der Waals surface area (Å²) in [6, 6.07) is 4.75. The van der Waals surface area contributed by atoms with Gasteiger partial charge in [0.1, 0.15) is 11.3 Å². The van der Waals surface area contributed by atoms with Crippen molar-refractivity contribution in [3.8, 4) is 5.75 Å². The maximum atomic E-state index is 12.2. The molecule has 126 valence electrons. The van der Waals surface area contributed by atoms with Crippen LogP contribution in [0.25, 0.3) is 0 Å². The van der Waals surface area contributed by atoms with Gasteiger partial charge in [0.15, 0.2) is 6.61 Å². The molecule has 1 saturated carbocycles. The summed E-state index contributed by atoms with van der Waals surface area (Å²) in [6.45, 7) is -0.236. The van der Waals surface area contributed by atoms with Gasteiger partial charge in [-0.3, -0.25) is 4.79 Å². The fourth-order valence-electron chi connectivity index (χ4n) is 2.77. The van der Waals surface area contributed by atoms with Crippen LogP contribution in [0.5, 0.6) is 5.75 Å². The van der Waals surface area contributed by atoms with E-state index >= 15 is 0 Å². The molecule has 1 fully saturated rings. The van der Waals surface area contributed by atoms with Crippen molar-refractivity contribution in [2.75, 3.05) is 13.7 Å². The Morgan fingerprint density at radius 3 is 2.52 bits per heavy atom. The molecule has 0 aliphatic heterocycles. The fourth-order valence-corrected chi connectivity index (χ4v) is 3.23. The number of hydrogen-bond acceptors (Lipinski definition) is 4. The van der Waals surface area contributed by atoms with E-state index in [-0.39, 0.29) is 12.5 Å². The maximum Gasteiger partial charge on any atom is 0.331 e. The summed E-state index contributed by atoms with van der Waals surface area (Å²) in [5.41, 5.74) is -0.947. The van der Waals surface area contributed by atoms with Crippen molar-refractivity contribution in [2.45, 2.75) is 37.6 Å². The summed E-state index contributed by atoms with van der Waals surface area (Å²) in [5, 5.41) is 3.59. The van der Waals surface area contributed by atoms with Crippen LogP contribution in [-0.2, 0) is 14.3 Å². The molecule has 0 unspecified atom stereocenters. The molecular formula is C16H19Cl2NO4. The second-order valence-corrected chi connectivity index (χ2v) is 6.39. The Morgan fingerprint density at radius 2 is 1.91 bits per heavy atom. The molecular weight excluding hydrogens is 341 g/mol. The van der Waals surface area contributed by atoms with Crippen molar-refractivity contribution >= 4 is 35.1 Å². The lowest BCUT2D eigenvalue weighted by molar-refractivity contribution is -0.152. The van der Waals surface area contributed by atoms with Crippen LogP contribution in [0.4, 0.5) is 0 Å². The zero-order chi connectivity index (χ0) is 16.9. The highest BCUT2D eigenvalue weighted by Gasteiger charge is 2.41. The highest BCUT2D eigenvalue weighted by atomic mass is 35.5. The maximum absolute atomic E-state index is 12.2. The zero-order valence-electron chi connectivity index (χ0n) is 12.9. The largest absolute Gasteiger partial charge is 0.482 e. The first kappa shape index (κ1) is 17.9. The van der Waals surface area contributed by atoms with E-state index in [1.54, 1.807) is 12.1 Å². The predicted molar refractivity (Wildman–Crippen MR) is 87.9 cm³/mol. The van der Waals surface area contributed by atoms with Crippen LogP contribution in [0.3, 0.4) is 0 Å². The average molecular weight is 360 g/mol. The highest BCUT2D eigenvalue weighted by Crippen LogP contribution is 2.30. The molecule has 0 heterocycles. The Labute approximate surface area is 145 Å². The van der Waals surface area contributed by atoms with E-state index in [4.69, 9.17) is 32.7 Å². The van der Waals surface area contributed by atoms with Crippen LogP contribution in [0.2, 0.25) is 10.0 Å². The Kier molecular flexibility index (Phi) is 6.13. The molecule has 0 bridgehead atoms. The smallest absolute Gasteiger partial charge is 0.331 e. The van der Waals surface area contributed by atoms with Crippen LogP contribution in [0, 0.1) is 0 Å². The van der Waals surface area contributed by atoms with Gasteiger partial charge < -0.3 is 14.8 Å². The van der Waals surface area contributed by atoms with Crippen molar-refractivity contribution in [3.05, 3.63) is 28.2 Å². The number of ether oxygens (including phenoxy) is 2. The first-order valence-electron chi connectivity index (χ1n) is 7.44. The van der Waals surface area contributed by atoms with Crippen LogP contribution >= 0.6 is 23.2 Å². The lowest BCUT2D eigenvalue weighted by Gasteiger charge is -2.35. The van der Waals surface area contributed by atoms with Crippen LogP contribution < -0.4 is 10.1 Å². The molecule has 0 radical (unpaired) electrons. The molecule has 0 saturated heterocycles. The first-order valence-corrected chi connectivity index (χ1v) is 8.20. The quantitative estimate of drug-likeness (QED) is 0.818. The average Bonchev–Trinajstić information content (AvgIpc) is 2.54. The van der Waals surface area contributed by atoms with E-state index in [9.17, 15) is 9.59 Å². The van der Waals surface area contributed by atoms with Gasteiger partial charge in [-0.05, 0) is 31.0 Å². The topological polar surface area (TPSA) is 64.6 Å². The molecule has 0 atom stereocenters. The van der Waals surface area contributed by atoms with E-state index in [0.717, 1.165) is 19.3 Å². The summed E-state index contributed by atoms with van der Waals surface area (Å²) >= 11 is 11.8. The van der Waals surface area contributed by atoms with Crippen molar-refractivity contribution in [1.82, 2.24) is 5.32 Å². The van der Waals surface area contributed by atoms with Crippen LogP contribution in [-0.4, -0.2) is 31.1 Å². The van der Waals surface area contributed by atoms with Gasteiger partial charge in [-0.25, -0.2) is 4.79 Å². The second kappa shape index (κ2) is 7.88. The number of carbonyl (C=O) groups excluding carboxylic acids is 2. The number of halogens is 2. The van der Waals surface area contributed by atoms with Gasteiger partial charge in [0, 0.05) is 5.02 Å². The van der Waals surface area contributed by atoms with Gasteiger partial charge in [0.25, 0.3) is 5.91 Å². The van der Waals surface area contributed by atoms with Crippen molar-refractivity contribution in [3.63, 3.8) is 0 Å². The third kappa shape index (κ3) is 4.52. The number of nitrogens with one attached hydrogen (secondary N) is 1. The van der Waals surface area contributed by atoms with Gasteiger partial charge in [0.05, 0.1) is 12.1 Å². The third-order valence-electron chi connectivity index (χ3n) is 3.91. The van der Waals surface area contributed by atoms with E-state index in [2.05, 4.69) is 5.32 Å². The Balaban J connectivity index is 1.98. The summed E-state index contributed by atoms with van der Waals surface area (Å²) < 4.78 is 10.3. The van der Waals surface area contributed by atoms with Gasteiger partial charge in [-0.2, -0.15) is 0 Å². The SMILES string of the molecule is COC(=O)C1(NC(=O)COc2ccc(Cl)cc2Cl)CCCCC1. The molecule has 0 spiro atoms. The molecule has 1 amide bonds. The minimum atomic E-state index is -0.947. The van der Waals surface area contributed by atoms with E-state index in [1.165, 1.54) is 13.2 Å². The van der Waals surface area contributed by atoms with Crippen molar-refractivity contribution in [2.24, 2.45) is 0 Å².